The molecule has 1 aromatic rings. The first-order chi connectivity index (χ1) is 12.2. The zero-order chi connectivity index (χ0) is 16.9. The quantitative estimate of drug-likeness (QED) is 0.852. The van der Waals surface area contributed by atoms with E-state index in [2.05, 4.69) is 28.7 Å². The molecule has 136 valence electrons. The predicted octanol–water partition coefficient (Wildman–Crippen LogP) is 3.96. The van der Waals surface area contributed by atoms with Crippen molar-refractivity contribution in [1.82, 2.24) is 15.3 Å². The third kappa shape index (κ3) is 3.07. The van der Waals surface area contributed by atoms with Gasteiger partial charge < -0.3 is 10.6 Å². The summed E-state index contributed by atoms with van der Waals surface area (Å²) in [7, 11) is 2.07. The van der Waals surface area contributed by atoms with Crippen LogP contribution in [-0.4, -0.2) is 29.6 Å². The van der Waals surface area contributed by atoms with Crippen molar-refractivity contribution in [2.75, 3.05) is 18.9 Å². The Morgan fingerprint density at radius 3 is 2.40 bits per heavy atom. The van der Waals surface area contributed by atoms with Crippen LogP contribution < -0.4 is 10.6 Å². The van der Waals surface area contributed by atoms with Gasteiger partial charge >= 0.3 is 0 Å². The van der Waals surface area contributed by atoms with Gasteiger partial charge in [-0.05, 0) is 94.1 Å². The predicted molar refractivity (Wildman–Crippen MR) is 101 cm³/mol. The summed E-state index contributed by atoms with van der Waals surface area (Å²) >= 11 is 0. The zero-order valence-electron chi connectivity index (χ0n) is 15.5. The van der Waals surface area contributed by atoms with Crippen LogP contribution in [-0.2, 0) is 0 Å². The van der Waals surface area contributed by atoms with Gasteiger partial charge in [-0.1, -0.05) is 0 Å². The monoisotopic (exact) mass is 340 g/mol. The number of anilines is 1. The van der Waals surface area contributed by atoms with E-state index in [1.54, 1.807) is 0 Å². The number of hydrogen-bond donors (Lipinski definition) is 2. The van der Waals surface area contributed by atoms with E-state index in [1.807, 2.05) is 6.20 Å². The van der Waals surface area contributed by atoms with Crippen molar-refractivity contribution in [3.05, 3.63) is 18.0 Å². The third-order valence-corrected chi connectivity index (χ3v) is 7.72. The van der Waals surface area contributed by atoms with Gasteiger partial charge in [-0.3, -0.25) is 0 Å². The van der Waals surface area contributed by atoms with E-state index in [0.29, 0.717) is 17.4 Å². The van der Waals surface area contributed by atoms with Crippen LogP contribution in [0.3, 0.4) is 0 Å². The molecule has 5 saturated carbocycles. The lowest BCUT2D eigenvalue weighted by Gasteiger charge is -2.56. The molecule has 0 spiro atoms. The second kappa shape index (κ2) is 6.22. The molecule has 1 heterocycles. The van der Waals surface area contributed by atoms with Crippen molar-refractivity contribution >= 4 is 5.95 Å². The van der Waals surface area contributed by atoms with Gasteiger partial charge in [0, 0.05) is 30.4 Å². The second-order valence-electron chi connectivity index (χ2n) is 9.57. The molecule has 2 atom stereocenters. The fourth-order valence-electron chi connectivity index (χ4n) is 6.97. The first kappa shape index (κ1) is 16.0. The molecular formula is C21H32N4. The number of nitrogens with one attached hydrogen (secondary N) is 2. The molecule has 0 saturated heterocycles. The maximum absolute atomic E-state index is 4.89. The SMILES string of the molecule is CN[C@@H]1CCC(c2ccnc(NCC34CC5CC(CC(C5)C3)C4)n2)C1. The van der Waals surface area contributed by atoms with Gasteiger partial charge in [0.1, 0.15) is 0 Å². The number of nitrogens with zero attached hydrogens (tertiary/aromatic N) is 2. The Bertz CT molecular complexity index is 593. The van der Waals surface area contributed by atoms with Crippen molar-refractivity contribution in [2.45, 2.75) is 69.7 Å². The lowest BCUT2D eigenvalue weighted by Crippen LogP contribution is -2.49. The van der Waals surface area contributed by atoms with Gasteiger partial charge in [-0.2, -0.15) is 0 Å². The number of hydrogen-bond acceptors (Lipinski definition) is 4. The van der Waals surface area contributed by atoms with E-state index in [-0.39, 0.29) is 0 Å². The highest BCUT2D eigenvalue weighted by Crippen LogP contribution is 2.59. The topological polar surface area (TPSA) is 49.8 Å². The Morgan fingerprint density at radius 1 is 1.04 bits per heavy atom. The Balaban J connectivity index is 1.25. The zero-order valence-corrected chi connectivity index (χ0v) is 15.5. The summed E-state index contributed by atoms with van der Waals surface area (Å²) in [6.07, 6.45) is 14.5. The molecule has 4 bridgehead atoms. The molecule has 5 fully saturated rings. The van der Waals surface area contributed by atoms with Crippen molar-refractivity contribution in [3.63, 3.8) is 0 Å². The van der Waals surface area contributed by atoms with Gasteiger partial charge in [0.15, 0.2) is 0 Å². The molecular weight excluding hydrogens is 308 g/mol. The first-order valence-electron chi connectivity index (χ1n) is 10.5. The van der Waals surface area contributed by atoms with Crippen molar-refractivity contribution in [3.8, 4) is 0 Å². The van der Waals surface area contributed by atoms with Crippen LogP contribution in [0, 0.1) is 23.2 Å². The lowest BCUT2D eigenvalue weighted by atomic mass is 9.49. The van der Waals surface area contributed by atoms with E-state index in [4.69, 9.17) is 4.98 Å². The van der Waals surface area contributed by atoms with Crippen molar-refractivity contribution in [2.24, 2.45) is 23.2 Å². The van der Waals surface area contributed by atoms with Crippen LogP contribution >= 0.6 is 0 Å². The molecule has 5 aliphatic rings. The second-order valence-corrected chi connectivity index (χ2v) is 9.57. The van der Waals surface area contributed by atoms with Gasteiger partial charge in [0.2, 0.25) is 5.95 Å². The summed E-state index contributed by atoms with van der Waals surface area (Å²) < 4.78 is 0. The van der Waals surface area contributed by atoms with Crippen molar-refractivity contribution < 1.29 is 0 Å². The molecule has 0 aromatic carbocycles. The number of aromatic nitrogens is 2. The van der Waals surface area contributed by atoms with E-state index < -0.39 is 0 Å². The van der Waals surface area contributed by atoms with Crippen LogP contribution in [0.4, 0.5) is 5.95 Å². The molecule has 4 heteroatoms. The normalized spacial score (nSPS) is 42.0. The number of rotatable bonds is 5. The maximum Gasteiger partial charge on any atom is 0.222 e. The minimum atomic E-state index is 0.540. The molecule has 4 nitrogen and oxygen atoms in total. The average Bonchev–Trinajstić information content (AvgIpc) is 3.08. The summed E-state index contributed by atoms with van der Waals surface area (Å²) in [5.74, 6) is 4.49. The van der Waals surface area contributed by atoms with Crippen LogP contribution in [0.15, 0.2) is 12.3 Å². The fourth-order valence-corrected chi connectivity index (χ4v) is 6.97. The molecule has 1 unspecified atom stereocenters. The maximum atomic E-state index is 4.89. The Morgan fingerprint density at radius 2 is 1.76 bits per heavy atom. The Hall–Kier alpha value is -1.16. The summed E-state index contributed by atoms with van der Waals surface area (Å²) in [5.41, 5.74) is 1.78. The minimum Gasteiger partial charge on any atom is -0.354 e. The van der Waals surface area contributed by atoms with Gasteiger partial charge in [0.25, 0.3) is 0 Å². The summed E-state index contributed by atoms with van der Waals surface area (Å²) in [6, 6.07) is 2.78. The average molecular weight is 341 g/mol. The molecule has 5 aliphatic carbocycles. The van der Waals surface area contributed by atoms with E-state index in [9.17, 15) is 0 Å². The lowest BCUT2D eigenvalue weighted by molar-refractivity contribution is -0.0445. The summed E-state index contributed by atoms with van der Waals surface area (Å²) in [5, 5.41) is 7.07. The Labute approximate surface area is 151 Å². The highest BCUT2D eigenvalue weighted by molar-refractivity contribution is 5.28. The van der Waals surface area contributed by atoms with E-state index in [1.165, 1.54) is 63.5 Å². The largest absolute Gasteiger partial charge is 0.354 e. The third-order valence-electron chi connectivity index (χ3n) is 7.72. The first-order valence-corrected chi connectivity index (χ1v) is 10.5. The van der Waals surface area contributed by atoms with Crippen LogP contribution in [0.5, 0.6) is 0 Å². The van der Waals surface area contributed by atoms with Gasteiger partial charge in [-0.15, -0.1) is 0 Å². The molecule has 25 heavy (non-hydrogen) atoms. The standard InChI is InChI=1S/C21H32N4/c1-22-18-3-2-17(9-18)19-4-5-23-20(25-19)24-13-21-10-14-6-15(11-21)8-16(7-14)12-21/h4-5,14-18,22H,2-3,6-13H2,1H3,(H,23,24,25)/t14?,15?,16?,17?,18-,21?/m1/s1. The molecule has 0 radical (unpaired) electrons. The van der Waals surface area contributed by atoms with E-state index in [0.717, 1.165) is 30.2 Å². The molecule has 1 aromatic heterocycles. The summed E-state index contributed by atoms with van der Waals surface area (Å²) in [4.78, 5) is 9.42. The molecule has 0 amide bonds. The highest BCUT2D eigenvalue weighted by atomic mass is 15.1. The van der Waals surface area contributed by atoms with Crippen molar-refractivity contribution in [1.29, 1.82) is 0 Å². The van der Waals surface area contributed by atoms with Gasteiger partial charge in [-0.25, -0.2) is 9.97 Å². The highest BCUT2D eigenvalue weighted by Gasteiger charge is 2.50. The molecule has 2 N–H and O–H groups in total. The molecule has 0 aliphatic heterocycles. The smallest absolute Gasteiger partial charge is 0.222 e. The van der Waals surface area contributed by atoms with Crippen LogP contribution in [0.25, 0.3) is 0 Å². The fraction of sp³-hybridized carbons (Fsp3) is 0.810. The minimum absolute atomic E-state index is 0.540. The van der Waals surface area contributed by atoms with Crippen LogP contribution in [0.2, 0.25) is 0 Å². The molecule has 6 rings (SSSR count). The van der Waals surface area contributed by atoms with Gasteiger partial charge in [0.05, 0.1) is 0 Å². The Kier molecular flexibility index (Phi) is 3.99. The van der Waals surface area contributed by atoms with Crippen LogP contribution in [0.1, 0.15) is 69.4 Å². The summed E-state index contributed by atoms with van der Waals surface area (Å²) in [6.45, 7) is 1.09. The van der Waals surface area contributed by atoms with E-state index >= 15 is 0 Å².